The van der Waals surface area contributed by atoms with E-state index in [1.807, 2.05) is 0 Å². The van der Waals surface area contributed by atoms with Gasteiger partial charge >= 0.3 is 46.0 Å². The van der Waals surface area contributed by atoms with E-state index in [9.17, 15) is 0 Å². The maximum absolute atomic E-state index is 5.03. The molecule has 0 aliphatic rings. The van der Waals surface area contributed by atoms with Crippen LogP contribution in [-0.2, 0) is 0 Å². The first kappa shape index (κ1) is 23.1. The van der Waals surface area contributed by atoms with Crippen LogP contribution in [0.3, 0.4) is 0 Å². The number of hydrogen-bond donors (Lipinski definition) is 0. The Hall–Kier alpha value is 1.94. The summed E-state index contributed by atoms with van der Waals surface area (Å²) in [5, 5.41) is 0. The zero-order valence-electron chi connectivity index (χ0n) is 3.21. The zero-order chi connectivity index (χ0) is 3.58. The summed E-state index contributed by atoms with van der Waals surface area (Å²) in [5.74, 6) is 0. The molecule has 3 nitrogen and oxygen atoms in total. The van der Waals surface area contributed by atoms with E-state index in [1.54, 1.807) is 0 Å². The molecule has 0 aromatic rings. The average Bonchev–Trinajstić information content (AvgIpc) is 0.811. The molecule has 0 rings (SSSR count). The van der Waals surface area contributed by atoms with Gasteiger partial charge in [-0.25, -0.2) is 0 Å². The monoisotopic (exact) mass is 298 g/mol. The van der Waals surface area contributed by atoms with Gasteiger partial charge in [0.1, 0.15) is 0 Å². The van der Waals surface area contributed by atoms with Crippen LogP contribution in [0.25, 0.3) is 0 Å². The van der Waals surface area contributed by atoms with Crippen LogP contribution in [-0.4, -0.2) is 16.4 Å². The normalized spacial score (nSPS) is 3.86. The molecule has 0 fully saturated rings. The molecule has 0 heterocycles. The summed E-state index contributed by atoms with van der Waals surface area (Å²) in [7, 11) is 0. The molecule has 0 amide bonds. The number of hydrogen-bond acceptors (Lipinski definition) is 0. The van der Waals surface area contributed by atoms with Crippen molar-refractivity contribution >= 4 is 20.4 Å². The molecule has 0 spiro atoms. The van der Waals surface area contributed by atoms with Gasteiger partial charge in [-0.3, -0.25) is 0 Å². The van der Waals surface area contributed by atoms with Crippen molar-refractivity contribution in [3.63, 3.8) is 0 Å². The predicted octanol–water partition coefficient (Wildman–Crippen LogP) is -0.406. The first-order chi connectivity index (χ1) is 1.73. The Morgan fingerprint density at radius 2 is 0.714 bits per heavy atom. The van der Waals surface area contributed by atoms with Crippen LogP contribution >= 0.6 is 20.4 Å². The van der Waals surface area contributed by atoms with Crippen molar-refractivity contribution in [2.24, 2.45) is 0 Å². The van der Waals surface area contributed by atoms with E-state index >= 15 is 0 Å². The van der Waals surface area contributed by atoms with Crippen LogP contribution in [0.4, 0.5) is 0 Å². The molecule has 0 saturated carbocycles. The van der Waals surface area contributed by atoms with Gasteiger partial charge in [-0.2, -0.15) is 0 Å². The molecular formula is H6Cl3LaO3. The van der Waals surface area contributed by atoms with E-state index in [1.165, 1.54) is 0 Å². The molecule has 7 heteroatoms. The minimum atomic E-state index is -2.31. The summed E-state index contributed by atoms with van der Waals surface area (Å²) in [6.45, 7) is 15.1. The van der Waals surface area contributed by atoms with E-state index in [0.29, 0.717) is 0 Å². The van der Waals surface area contributed by atoms with Gasteiger partial charge in [0.2, 0.25) is 0 Å². The fourth-order valence-corrected chi connectivity index (χ4v) is 0. The Labute approximate surface area is 61.6 Å². The van der Waals surface area contributed by atoms with E-state index in [4.69, 9.17) is 20.4 Å². The van der Waals surface area contributed by atoms with Crippen molar-refractivity contribution < 1.29 is 42.1 Å². The summed E-state index contributed by atoms with van der Waals surface area (Å²) in [5.41, 5.74) is 0. The summed E-state index contributed by atoms with van der Waals surface area (Å²) >= 11 is -2.31. The molecule has 48 valence electrons. The van der Waals surface area contributed by atoms with E-state index in [0.717, 1.165) is 0 Å². The Morgan fingerprint density at radius 1 is 0.714 bits per heavy atom. The van der Waals surface area contributed by atoms with Crippen LogP contribution in [0, 0.1) is 25.7 Å². The van der Waals surface area contributed by atoms with Crippen molar-refractivity contribution in [1.29, 1.82) is 0 Å². The van der Waals surface area contributed by atoms with Gasteiger partial charge in [0, 0.05) is 0 Å². The molecule has 6 N–H and O–H groups in total. The SMILES string of the molecule is O.O.O.[Cl][La]([Cl])[Cl]. The fourth-order valence-electron chi connectivity index (χ4n) is 0. The minimum absolute atomic E-state index is 0. The van der Waals surface area contributed by atoms with Gasteiger partial charge in [-0.15, -0.1) is 0 Å². The third-order valence-corrected chi connectivity index (χ3v) is 0. The molecule has 0 radical (unpaired) electrons. The second-order valence-electron chi connectivity index (χ2n) is 0.247. The second-order valence-corrected chi connectivity index (χ2v) is 16.2. The molecule has 0 bridgehead atoms. The molecule has 0 saturated heterocycles. The van der Waals surface area contributed by atoms with Gasteiger partial charge in [0.05, 0.1) is 0 Å². The third kappa shape index (κ3) is 74.2. The van der Waals surface area contributed by atoms with Crippen LogP contribution in [0.1, 0.15) is 0 Å². The summed E-state index contributed by atoms with van der Waals surface area (Å²) in [4.78, 5) is 0. The van der Waals surface area contributed by atoms with Gasteiger partial charge < -0.3 is 16.4 Å². The Balaban J connectivity index is -0.0000000150. The summed E-state index contributed by atoms with van der Waals surface area (Å²) in [6, 6.07) is 0. The Morgan fingerprint density at radius 3 is 0.714 bits per heavy atom. The molecule has 0 aromatic heterocycles. The van der Waals surface area contributed by atoms with E-state index in [2.05, 4.69) is 0 Å². The van der Waals surface area contributed by atoms with Crippen LogP contribution in [0.15, 0.2) is 0 Å². The maximum atomic E-state index is 5.03. The van der Waals surface area contributed by atoms with Crippen molar-refractivity contribution in [3.05, 3.63) is 0 Å². The van der Waals surface area contributed by atoms with Gasteiger partial charge in [0.15, 0.2) is 0 Å². The molecule has 7 heavy (non-hydrogen) atoms. The standard InChI is InChI=1S/3ClH.La.3H2O/h3*1H;;3*1H2/q;;;+3;;;/p-3. The van der Waals surface area contributed by atoms with Crippen LogP contribution in [0.2, 0.25) is 0 Å². The van der Waals surface area contributed by atoms with Gasteiger partial charge in [0.25, 0.3) is 0 Å². The predicted molar refractivity (Wildman–Crippen MR) is 28.4 cm³/mol. The molecule has 0 aliphatic heterocycles. The molecule has 0 aliphatic carbocycles. The van der Waals surface area contributed by atoms with Crippen molar-refractivity contribution in [2.45, 2.75) is 0 Å². The molecular weight excluding hydrogens is 293 g/mol. The average molecular weight is 299 g/mol. The topological polar surface area (TPSA) is 94.5 Å². The fraction of sp³-hybridized carbons (Fsp3) is 0. The molecule has 0 atom stereocenters. The Kier molecular flexibility index (Phi) is 51.7. The zero-order valence-corrected chi connectivity index (χ0v) is 9.10. The number of rotatable bonds is 0. The van der Waals surface area contributed by atoms with Crippen LogP contribution in [0.5, 0.6) is 0 Å². The first-order valence-electron chi connectivity index (χ1n) is 0.655. The Bertz CT molecular complexity index is 14.9. The van der Waals surface area contributed by atoms with Gasteiger partial charge in [-0.1, -0.05) is 0 Å². The van der Waals surface area contributed by atoms with Gasteiger partial charge in [-0.05, 0) is 0 Å². The summed E-state index contributed by atoms with van der Waals surface area (Å²) in [6.07, 6.45) is 0. The first-order valence-corrected chi connectivity index (χ1v) is 14.3. The summed E-state index contributed by atoms with van der Waals surface area (Å²) < 4.78 is 0. The van der Waals surface area contributed by atoms with Crippen LogP contribution < -0.4 is 0 Å². The second kappa shape index (κ2) is 15.7. The van der Waals surface area contributed by atoms with Crippen molar-refractivity contribution in [2.75, 3.05) is 0 Å². The van der Waals surface area contributed by atoms with E-state index in [-0.39, 0.29) is 16.4 Å². The van der Waals surface area contributed by atoms with Crippen molar-refractivity contribution in [3.8, 4) is 0 Å². The molecule has 0 aromatic carbocycles. The number of halogens is 3. The van der Waals surface area contributed by atoms with E-state index < -0.39 is 25.7 Å². The quantitative estimate of drug-likeness (QED) is 0.582. The molecule has 0 unspecified atom stereocenters. The van der Waals surface area contributed by atoms with Crippen molar-refractivity contribution in [1.82, 2.24) is 0 Å². The third-order valence-electron chi connectivity index (χ3n) is 0.